The molecule has 4 rings (SSSR count). The maximum atomic E-state index is 12.6. The van der Waals surface area contributed by atoms with Gasteiger partial charge < -0.3 is 19.4 Å². The minimum Gasteiger partial charge on any atom is -0.494 e. The molecule has 146 valence electrons. The van der Waals surface area contributed by atoms with Crippen molar-refractivity contribution in [3.05, 3.63) is 60.2 Å². The molecule has 28 heavy (non-hydrogen) atoms. The maximum Gasteiger partial charge on any atom is 0.318 e. The van der Waals surface area contributed by atoms with E-state index in [9.17, 15) is 4.79 Å². The fourth-order valence-corrected chi connectivity index (χ4v) is 3.35. The molecule has 7 nitrogen and oxygen atoms in total. The van der Waals surface area contributed by atoms with Crippen LogP contribution in [0.1, 0.15) is 24.8 Å². The molecule has 7 heteroatoms. The van der Waals surface area contributed by atoms with Crippen molar-refractivity contribution in [2.75, 3.05) is 13.2 Å². The smallest absolute Gasteiger partial charge is 0.318 e. The van der Waals surface area contributed by atoms with Crippen LogP contribution in [0.5, 0.6) is 5.75 Å². The van der Waals surface area contributed by atoms with Crippen molar-refractivity contribution in [1.82, 2.24) is 20.0 Å². The first kappa shape index (κ1) is 18.2. The number of nitrogens with one attached hydrogen (secondary N) is 1. The average Bonchev–Trinajstić information content (AvgIpc) is 3.33. The Hall–Kier alpha value is -3.22. The van der Waals surface area contributed by atoms with Gasteiger partial charge in [-0.25, -0.2) is 4.79 Å². The second kappa shape index (κ2) is 8.21. The number of amides is 2. The van der Waals surface area contributed by atoms with Crippen LogP contribution < -0.4 is 10.1 Å². The molecule has 1 aliphatic rings. The molecule has 0 aliphatic carbocycles. The fraction of sp³-hybridized carbons (Fsp3) is 0.333. The van der Waals surface area contributed by atoms with Crippen LogP contribution in [0.3, 0.4) is 0 Å². The number of aryl methyl sites for hydroxylation is 1. The van der Waals surface area contributed by atoms with Gasteiger partial charge in [-0.05, 0) is 55.8 Å². The number of nitrogens with zero attached hydrogens (tertiary/aromatic N) is 3. The summed E-state index contributed by atoms with van der Waals surface area (Å²) in [5.74, 6) is 1.59. The number of benzene rings is 1. The Morgan fingerprint density at radius 3 is 2.86 bits per heavy atom. The van der Waals surface area contributed by atoms with Gasteiger partial charge in [-0.3, -0.25) is 4.68 Å². The molecule has 0 fully saturated rings. The summed E-state index contributed by atoms with van der Waals surface area (Å²) in [7, 11) is 0. The largest absolute Gasteiger partial charge is 0.494 e. The minimum atomic E-state index is -0.0892. The van der Waals surface area contributed by atoms with Crippen molar-refractivity contribution in [2.45, 2.75) is 33.0 Å². The number of aromatic nitrogens is 2. The van der Waals surface area contributed by atoms with Gasteiger partial charge in [0, 0.05) is 18.7 Å². The highest BCUT2D eigenvalue weighted by Crippen LogP contribution is 2.24. The van der Waals surface area contributed by atoms with E-state index in [0.717, 1.165) is 41.4 Å². The van der Waals surface area contributed by atoms with E-state index in [0.29, 0.717) is 26.2 Å². The maximum absolute atomic E-state index is 12.6. The van der Waals surface area contributed by atoms with Crippen LogP contribution in [0, 0.1) is 0 Å². The molecule has 0 radical (unpaired) electrons. The summed E-state index contributed by atoms with van der Waals surface area (Å²) in [4.78, 5) is 14.4. The van der Waals surface area contributed by atoms with Crippen LogP contribution in [-0.2, 0) is 19.6 Å². The first-order valence-corrected chi connectivity index (χ1v) is 9.58. The normalized spacial score (nSPS) is 13.7. The minimum absolute atomic E-state index is 0.0892. The number of rotatable bonds is 5. The van der Waals surface area contributed by atoms with E-state index in [1.807, 2.05) is 52.9 Å². The van der Waals surface area contributed by atoms with Crippen molar-refractivity contribution >= 4 is 6.03 Å². The summed E-state index contributed by atoms with van der Waals surface area (Å²) in [6.07, 6.45) is 2.47. The number of carbonyl (C=O) groups excluding carboxylic acids is 1. The molecule has 0 saturated carbocycles. The summed E-state index contributed by atoms with van der Waals surface area (Å²) < 4.78 is 12.8. The summed E-state index contributed by atoms with van der Waals surface area (Å²) in [5.41, 5.74) is 2.99. The van der Waals surface area contributed by atoms with Crippen molar-refractivity contribution in [3.63, 3.8) is 0 Å². The van der Waals surface area contributed by atoms with Crippen LogP contribution in [0.25, 0.3) is 11.3 Å². The summed E-state index contributed by atoms with van der Waals surface area (Å²) in [5, 5.41) is 7.66. The summed E-state index contributed by atoms with van der Waals surface area (Å²) in [6, 6.07) is 13.6. The highest BCUT2D eigenvalue weighted by Gasteiger charge is 2.21. The Kier molecular flexibility index (Phi) is 5.32. The molecule has 3 heterocycles. The number of furan rings is 1. The number of hydrogen-bond acceptors (Lipinski definition) is 4. The third kappa shape index (κ3) is 4.03. The van der Waals surface area contributed by atoms with Gasteiger partial charge in [-0.15, -0.1) is 0 Å². The molecular formula is C21H24N4O3. The topological polar surface area (TPSA) is 72.5 Å². The Labute approximate surface area is 163 Å². The van der Waals surface area contributed by atoms with Crippen molar-refractivity contribution < 1.29 is 13.9 Å². The van der Waals surface area contributed by atoms with E-state index in [2.05, 4.69) is 11.4 Å². The van der Waals surface area contributed by atoms with Crippen LogP contribution in [0.4, 0.5) is 4.79 Å². The fourth-order valence-electron chi connectivity index (χ4n) is 3.35. The Morgan fingerprint density at radius 2 is 2.11 bits per heavy atom. The highest BCUT2D eigenvalue weighted by atomic mass is 16.5. The zero-order chi connectivity index (χ0) is 19.3. The number of fused-ring (bicyclic) bond motifs is 1. The first-order valence-electron chi connectivity index (χ1n) is 9.58. The van der Waals surface area contributed by atoms with Gasteiger partial charge in [0.15, 0.2) is 0 Å². The highest BCUT2D eigenvalue weighted by molar-refractivity contribution is 5.74. The third-order valence-corrected chi connectivity index (χ3v) is 4.76. The Bertz CT molecular complexity index is 916. The molecule has 2 amide bonds. The predicted octanol–water partition coefficient (Wildman–Crippen LogP) is 3.66. The third-order valence-electron chi connectivity index (χ3n) is 4.76. The second-order valence-electron chi connectivity index (χ2n) is 6.71. The Balaban J connectivity index is 1.45. The van der Waals surface area contributed by atoms with Crippen molar-refractivity contribution in [1.29, 1.82) is 0 Å². The van der Waals surface area contributed by atoms with E-state index in [-0.39, 0.29) is 6.03 Å². The SMILES string of the molecule is CCOc1ccc(-c2cc3n(n2)CCCN(C(=O)NCc2ccco2)C3)cc1. The number of carbonyl (C=O) groups is 1. The predicted molar refractivity (Wildman–Crippen MR) is 105 cm³/mol. The lowest BCUT2D eigenvalue weighted by molar-refractivity contribution is 0.194. The van der Waals surface area contributed by atoms with Crippen molar-refractivity contribution in [2.24, 2.45) is 0 Å². The monoisotopic (exact) mass is 380 g/mol. The van der Waals surface area contributed by atoms with Crippen LogP contribution in [0.2, 0.25) is 0 Å². The number of ether oxygens (including phenoxy) is 1. The number of urea groups is 1. The van der Waals surface area contributed by atoms with Gasteiger partial charge in [-0.2, -0.15) is 5.10 Å². The lowest BCUT2D eigenvalue weighted by Gasteiger charge is -2.20. The average molecular weight is 380 g/mol. The van der Waals surface area contributed by atoms with Crippen LogP contribution >= 0.6 is 0 Å². The zero-order valence-corrected chi connectivity index (χ0v) is 15.9. The van der Waals surface area contributed by atoms with E-state index < -0.39 is 0 Å². The quantitative estimate of drug-likeness (QED) is 0.733. The lowest BCUT2D eigenvalue weighted by Crippen LogP contribution is -2.39. The molecule has 1 aliphatic heterocycles. The van der Waals surface area contributed by atoms with Gasteiger partial charge >= 0.3 is 6.03 Å². The molecule has 3 aromatic rings. The van der Waals surface area contributed by atoms with Crippen LogP contribution in [-0.4, -0.2) is 33.9 Å². The first-order chi connectivity index (χ1) is 13.7. The van der Waals surface area contributed by atoms with Crippen molar-refractivity contribution in [3.8, 4) is 17.0 Å². The van der Waals surface area contributed by atoms with E-state index in [1.165, 1.54) is 0 Å². The standard InChI is InChI=1S/C21H24N4O3/c1-2-27-18-8-6-16(7-9-18)20-13-17-15-24(10-4-11-25(17)23-20)21(26)22-14-19-5-3-12-28-19/h3,5-9,12-13H,2,4,10-11,14-15H2,1H3,(H,22,26). The number of hydrogen-bond donors (Lipinski definition) is 1. The molecule has 0 unspecified atom stereocenters. The molecular weight excluding hydrogens is 356 g/mol. The van der Waals surface area contributed by atoms with Gasteiger partial charge in [0.05, 0.1) is 37.3 Å². The summed E-state index contributed by atoms with van der Waals surface area (Å²) in [6.45, 7) is 5.04. The van der Waals surface area contributed by atoms with E-state index >= 15 is 0 Å². The van der Waals surface area contributed by atoms with E-state index in [4.69, 9.17) is 14.3 Å². The molecule has 0 saturated heterocycles. The molecule has 0 spiro atoms. The molecule has 0 bridgehead atoms. The lowest BCUT2D eigenvalue weighted by atomic mass is 10.1. The van der Waals surface area contributed by atoms with Gasteiger partial charge in [0.2, 0.25) is 0 Å². The summed E-state index contributed by atoms with van der Waals surface area (Å²) >= 11 is 0. The van der Waals surface area contributed by atoms with E-state index in [1.54, 1.807) is 6.26 Å². The Morgan fingerprint density at radius 1 is 1.25 bits per heavy atom. The van der Waals surface area contributed by atoms with Gasteiger partial charge in [-0.1, -0.05) is 0 Å². The molecule has 0 atom stereocenters. The molecule has 1 aromatic carbocycles. The van der Waals surface area contributed by atoms with Gasteiger partial charge in [0.1, 0.15) is 11.5 Å². The zero-order valence-electron chi connectivity index (χ0n) is 15.9. The molecule has 2 aromatic heterocycles. The van der Waals surface area contributed by atoms with Gasteiger partial charge in [0.25, 0.3) is 0 Å². The second-order valence-corrected chi connectivity index (χ2v) is 6.71. The van der Waals surface area contributed by atoms with Crippen LogP contribution in [0.15, 0.2) is 53.1 Å². The molecule has 1 N–H and O–H groups in total.